The van der Waals surface area contributed by atoms with Crippen LogP contribution >= 0.6 is 23.4 Å². The molecule has 4 N–H and O–H groups in total. The number of fused-ring (bicyclic) bond motifs is 2. The highest BCUT2D eigenvalue weighted by molar-refractivity contribution is 7.99. The molecule has 4 fully saturated rings. The van der Waals surface area contributed by atoms with Crippen molar-refractivity contribution in [1.82, 2.24) is 24.7 Å². The number of imide groups is 1. The molecule has 2 bridgehead atoms. The number of piperidine rings is 1. The molecule has 4 heterocycles. The molecule has 0 aromatic heterocycles. The number of allylic oxidation sites excluding steroid dienone is 1. The van der Waals surface area contributed by atoms with Crippen molar-refractivity contribution in [2.75, 3.05) is 73.6 Å². The summed E-state index contributed by atoms with van der Waals surface area (Å²) in [6.07, 6.45) is 5.19. The third-order valence-electron chi connectivity index (χ3n) is 16.4. The summed E-state index contributed by atoms with van der Waals surface area (Å²) in [7, 11) is -11.0. The number of nitrogens with one attached hydrogen (secondary N) is 4. The van der Waals surface area contributed by atoms with E-state index in [1.165, 1.54) is 40.6 Å². The average molecular weight is 1200 g/mol. The molecular weight excluding hydrogens is 1130 g/mol. The molecule has 5 aromatic rings. The molecule has 1 unspecified atom stereocenters. The van der Waals surface area contributed by atoms with Crippen molar-refractivity contribution in [2.24, 2.45) is 5.41 Å². The number of rotatable bonds is 20. The Balaban J connectivity index is 0.770. The van der Waals surface area contributed by atoms with Gasteiger partial charge in [0.15, 0.2) is 0 Å². The molecule has 4 atom stereocenters. The number of amides is 3. The first-order valence-electron chi connectivity index (χ1n) is 27.7. The Morgan fingerprint density at radius 1 is 0.829 bits per heavy atom. The fourth-order valence-corrected chi connectivity index (χ4v) is 15.1. The van der Waals surface area contributed by atoms with Crippen molar-refractivity contribution >= 4 is 83.6 Å². The molecule has 5 aromatic carbocycles. The third-order valence-corrected chi connectivity index (χ3v) is 20.7. The summed E-state index contributed by atoms with van der Waals surface area (Å²) in [6.45, 7) is 11.4. The number of likely N-dealkylation sites (tertiary alicyclic amines) is 2. The highest BCUT2D eigenvalue weighted by atomic mass is 35.5. The molecule has 4 aliphatic heterocycles. The zero-order valence-electron chi connectivity index (χ0n) is 45.8. The molecule has 10 rings (SSSR count). The number of piperazine rings is 2. The standard InChI is InChI=1S/C60H68ClF3N8O7S3/c1-59(2)26-24-52(41-10-14-44(61)15-11-41)43(34-59)36-69-28-30-70(31-29-69)47-18-12-42(13-19-47)57(74)68-82(78,79)51-20-21-53(55(33-51)81(76,77)60(62,63)64)66-46(39-80-50-6-4-3-5-7-50)25-27-71-37-49-32-48(71)38-72(49)35-40-8-16-45(17-9-40)65-54-22-23-56(73)67-58(54)75/h3-21,33,46,48-49,54,65-66H,22-32,34-39H2,1-2H3,(H,68,74)(H,67,73,75)/t46-,48+,49+,54?/m1/s1. The lowest BCUT2D eigenvalue weighted by Gasteiger charge is -2.39. The quantitative estimate of drug-likeness (QED) is 0.0427. The van der Waals surface area contributed by atoms with Gasteiger partial charge in [0.05, 0.1) is 10.6 Å². The smallest absolute Gasteiger partial charge is 0.380 e. The summed E-state index contributed by atoms with van der Waals surface area (Å²) >= 11 is 7.67. The average Bonchev–Trinajstić information content (AvgIpc) is 4.18. The van der Waals surface area contributed by atoms with E-state index in [1.54, 1.807) is 12.1 Å². The summed E-state index contributed by atoms with van der Waals surface area (Å²) in [4.78, 5) is 45.6. The first-order valence-corrected chi connectivity index (χ1v) is 32.1. The zero-order chi connectivity index (χ0) is 58.0. The van der Waals surface area contributed by atoms with Crippen molar-refractivity contribution in [1.29, 1.82) is 0 Å². The van der Waals surface area contributed by atoms with Gasteiger partial charge >= 0.3 is 5.51 Å². The minimum absolute atomic E-state index is 0.0143. The topological polar surface area (TPSA) is 181 Å². The maximum Gasteiger partial charge on any atom is 0.501 e. The van der Waals surface area contributed by atoms with Crippen molar-refractivity contribution in [3.63, 3.8) is 0 Å². The molecule has 22 heteroatoms. The molecule has 5 aliphatic rings. The fourth-order valence-electron chi connectivity index (χ4n) is 11.9. The molecule has 15 nitrogen and oxygen atoms in total. The van der Waals surface area contributed by atoms with Crippen LogP contribution in [0, 0.1) is 5.41 Å². The highest BCUT2D eigenvalue weighted by Gasteiger charge is 2.49. The number of carbonyl (C=O) groups excluding carboxylic acids is 3. The summed E-state index contributed by atoms with van der Waals surface area (Å²) in [5, 5.41) is 9.35. The maximum atomic E-state index is 14.5. The minimum Gasteiger partial charge on any atom is -0.380 e. The molecule has 3 amide bonds. The predicted molar refractivity (Wildman–Crippen MR) is 315 cm³/mol. The van der Waals surface area contributed by atoms with Gasteiger partial charge in [-0.1, -0.05) is 73.5 Å². The van der Waals surface area contributed by atoms with Gasteiger partial charge in [-0.25, -0.2) is 21.6 Å². The minimum atomic E-state index is -6.12. The van der Waals surface area contributed by atoms with Gasteiger partial charge < -0.3 is 15.5 Å². The van der Waals surface area contributed by atoms with Crippen LogP contribution in [0.15, 0.2) is 142 Å². The Bertz CT molecular complexity index is 3400. The monoisotopic (exact) mass is 1200 g/mol. The summed E-state index contributed by atoms with van der Waals surface area (Å²) in [5.74, 6) is -1.30. The van der Waals surface area contributed by atoms with Gasteiger partial charge in [0.2, 0.25) is 11.8 Å². The number of anilines is 3. The van der Waals surface area contributed by atoms with Gasteiger partial charge in [-0.15, -0.1) is 11.8 Å². The van der Waals surface area contributed by atoms with Gasteiger partial charge in [0, 0.05) is 116 Å². The molecular formula is C60H68ClF3N8O7S3. The Labute approximate surface area is 487 Å². The Morgan fingerprint density at radius 3 is 2.20 bits per heavy atom. The number of alkyl halides is 3. The molecule has 436 valence electrons. The SMILES string of the molecule is CC1(C)CCC(c2ccc(Cl)cc2)=C(CN2CCN(c3ccc(C(=O)NS(=O)(=O)c4ccc(N[C@H](CCN5C[C@@H]6C[C@H]5CN6Cc5ccc(NC6CCC(=O)NC6=O)cc5)CSc5ccccc5)c(S(=O)(=O)C(F)(F)F)c4)cc3)CC2)C1. The number of hydrogen-bond donors (Lipinski definition) is 4. The van der Waals surface area contributed by atoms with Gasteiger partial charge in [-0.2, -0.15) is 13.2 Å². The zero-order valence-corrected chi connectivity index (χ0v) is 49.0. The van der Waals surface area contributed by atoms with E-state index in [9.17, 15) is 44.4 Å². The second kappa shape index (κ2) is 24.7. The van der Waals surface area contributed by atoms with E-state index < -0.39 is 58.8 Å². The van der Waals surface area contributed by atoms with Gasteiger partial charge in [0.1, 0.15) is 10.9 Å². The van der Waals surface area contributed by atoms with Crippen LogP contribution in [0.3, 0.4) is 0 Å². The number of benzene rings is 5. The first-order chi connectivity index (χ1) is 39.1. The second-order valence-corrected chi connectivity index (χ2v) is 28.0. The van der Waals surface area contributed by atoms with Crippen LogP contribution in [0.5, 0.6) is 0 Å². The molecule has 82 heavy (non-hydrogen) atoms. The Hall–Kier alpha value is -5.94. The lowest BCUT2D eigenvalue weighted by Crippen LogP contribution is -2.47. The third kappa shape index (κ3) is 14.2. The van der Waals surface area contributed by atoms with Crippen LogP contribution in [0.25, 0.3) is 5.57 Å². The summed E-state index contributed by atoms with van der Waals surface area (Å²) < 4.78 is 99.8. The molecule has 0 radical (unpaired) electrons. The van der Waals surface area contributed by atoms with Crippen molar-refractivity contribution in [3.8, 4) is 0 Å². The van der Waals surface area contributed by atoms with Crippen LogP contribution in [0.1, 0.15) is 80.3 Å². The summed E-state index contributed by atoms with van der Waals surface area (Å²) in [6, 6.07) is 33.7. The van der Waals surface area contributed by atoms with Crippen LogP contribution in [-0.2, 0) is 36.0 Å². The molecule has 1 aliphatic carbocycles. The van der Waals surface area contributed by atoms with Crippen LogP contribution in [0.4, 0.5) is 30.2 Å². The van der Waals surface area contributed by atoms with Crippen molar-refractivity contribution in [3.05, 3.63) is 149 Å². The Morgan fingerprint density at radius 2 is 1.52 bits per heavy atom. The van der Waals surface area contributed by atoms with E-state index in [0.29, 0.717) is 36.2 Å². The van der Waals surface area contributed by atoms with Gasteiger partial charge in [-0.05, 0) is 140 Å². The normalized spacial score (nSPS) is 21.3. The molecule has 0 spiro atoms. The number of hydrogen-bond acceptors (Lipinski definition) is 14. The fraction of sp³-hybridized carbons (Fsp3) is 0.417. The van der Waals surface area contributed by atoms with E-state index in [2.05, 4.69) is 61.5 Å². The number of sulfone groups is 1. The lowest BCUT2D eigenvalue weighted by molar-refractivity contribution is -0.133. The van der Waals surface area contributed by atoms with Gasteiger partial charge in [0.25, 0.3) is 25.8 Å². The van der Waals surface area contributed by atoms with E-state index in [-0.39, 0.29) is 41.3 Å². The van der Waals surface area contributed by atoms with E-state index in [4.69, 9.17) is 11.6 Å². The number of halogens is 4. The number of thioether (sulfide) groups is 1. The van der Waals surface area contributed by atoms with Crippen molar-refractivity contribution < 1.29 is 44.4 Å². The first kappa shape index (κ1) is 59.2. The number of sulfonamides is 1. The van der Waals surface area contributed by atoms with E-state index >= 15 is 0 Å². The predicted octanol–water partition coefficient (Wildman–Crippen LogP) is 9.68. The van der Waals surface area contributed by atoms with Crippen LogP contribution in [-0.4, -0.2) is 137 Å². The number of carbonyl (C=O) groups is 3. The Kier molecular flexibility index (Phi) is 17.9. The van der Waals surface area contributed by atoms with Crippen molar-refractivity contribution in [2.45, 2.75) is 110 Å². The largest absolute Gasteiger partial charge is 0.501 e. The maximum absolute atomic E-state index is 14.5. The lowest BCUT2D eigenvalue weighted by atomic mass is 9.73. The summed E-state index contributed by atoms with van der Waals surface area (Å²) in [5.41, 5.74) is 0.756. The second-order valence-electron chi connectivity index (χ2n) is 22.8. The van der Waals surface area contributed by atoms with Gasteiger partial charge in [-0.3, -0.25) is 34.4 Å². The highest BCUT2D eigenvalue weighted by Crippen LogP contribution is 2.43. The van der Waals surface area contributed by atoms with E-state index in [0.717, 1.165) is 112 Å². The van der Waals surface area contributed by atoms with Crippen LogP contribution < -0.4 is 25.6 Å². The van der Waals surface area contributed by atoms with Crippen LogP contribution in [0.2, 0.25) is 5.02 Å². The van der Waals surface area contributed by atoms with E-state index in [1.807, 2.05) is 71.5 Å². The number of nitrogens with zero attached hydrogens (tertiary/aromatic N) is 4. The molecule has 4 saturated heterocycles. The molecule has 0 saturated carbocycles.